The zero-order valence-corrected chi connectivity index (χ0v) is 20.5. The Labute approximate surface area is 205 Å². The maximum Gasteiger partial charge on any atom is 0.142 e. The molecule has 0 amide bonds. The Bertz CT molecular complexity index is 1150. The fourth-order valence-electron chi connectivity index (χ4n) is 4.36. The number of nitrogens with one attached hydrogen (secondary N) is 1. The van der Waals surface area contributed by atoms with Gasteiger partial charge in [0.15, 0.2) is 0 Å². The third kappa shape index (κ3) is 5.22. The van der Waals surface area contributed by atoms with Crippen LogP contribution in [0.4, 0.5) is 4.39 Å². The van der Waals surface area contributed by atoms with Gasteiger partial charge >= 0.3 is 0 Å². The molecule has 2 N–H and O–H groups in total. The molecule has 6 heteroatoms. The van der Waals surface area contributed by atoms with E-state index >= 15 is 0 Å². The summed E-state index contributed by atoms with van der Waals surface area (Å²) in [5.74, 6) is 1.04. The fraction of sp³-hybridized carbons (Fsp3) is 0.357. The third-order valence-electron chi connectivity index (χ3n) is 6.40. The SMILES string of the molecule is CCOc1cc(O[C@H]2CCc3c(-c4ccccc4F)cccc32)c(Cl)cc1CN[C@H](C)[C@@H](C)O. The maximum atomic E-state index is 14.5. The molecule has 1 aliphatic carbocycles. The molecule has 3 aromatic rings. The van der Waals surface area contributed by atoms with Gasteiger partial charge in [0.05, 0.1) is 17.7 Å². The first kappa shape index (κ1) is 24.5. The van der Waals surface area contributed by atoms with Crippen LogP contribution in [-0.4, -0.2) is 23.9 Å². The van der Waals surface area contributed by atoms with E-state index in [1.807, 2.05) is 56.3 Å². The first-order valence-electron chi connectivity index (χ1n) is 11.8. The second-order valence-electron chi connectivity index (χ2n) is 8.73. The zero-order chi connectivity index (χ0) is 24.2. The standard InChI is InChI=1S/C28H31ClFNO3/c1-4-33-27-15-28(24(29)14-19(27)16-31-17(2)18(3)32)34-26-13-12-21-20(9-7-10-23(21)26)22-8-5-6-11-25(22)30/h5-11,14-15,17-18,26,31-32H,4,12-13,16H2,1-3H3/t17-,18-,26+/m1/s1. The zero-order valence-electron chi connectivity index (χ0n) is 19.8. The van der Waals surface area contributed by atoms with Gasteiger partial charge in [-0.25, -0.2) is 4.39 Å². The van der Waals surface area contributed by atoms with Gasteiger partial charge in [-0.2, -0.15) is 0 Å². The first-order chi connectivity index (χ1) is 16.4. The Morgan fingerprint density at radius 3 is 2.59 bits per heavy atom. The molecule has 0 spiro atoms. The molecule has 0 heterocycles. The summed E-state index contributed by atoms with van der Waals surface area (Å²) in [6.45, 7) is 6.64. The van der Waals surface area contributed by atoms with Crippen LogP contribution >= 0.6 is 11.6 Å². The van der Waals surface area contributed by atoms with Crippen LogP contribution in [0.1, 0.15) is 50.0 Å². The summed E-state index contributed by atoms with van der Waals surface area (Å²) in [6, 6.07) is 16.5. The summed E-state index contributed by atoms with van der Waals surface area (Å²) >= 11 is 6.63. The van der Waals surface area contributed by atoms with E-state index in [0.29, 0.717) is 35.2 Å². The van der Waals surface area contributed by atoms with Crippen LogP contribution in [-0.2, 0) is 13.0 Å². The monoisotopic (exact) mass is 483 g/mol. The predicted octanol–water partition coefficient (Wildman–Crippen LogP) is 6.47. The van der Waals surface area contributed by atoms with E-state index in [1.165, 1.54) is 6.07 Å². The van der Waals surface area contributed by atoms with Crippen LogP contribution in [0.3, 0.4) is 0 Å². The van der Waals surface area contributed by atoms with Gasteiger partial charge in [0.2, 0.25) is 0 Å². The number of aliphatic hydroxyl groups excluding tert-OH is 1. The highest BCUT2D eigenvalue weighted by molar-refractivity contribution is 6.32. The van der Waals surface area contributed by atoms with Gasteiger partial charge in [-0.3, -0.25) is 0 Å². The molecule has 0 saturated carbocycles. The Hall–Kier alpha value is -2.60. The molecule has 180 valence electrons. The summed E-state index contributed by atoms with van der Waals surface area (Å²) in [4.78, 5) is 0. The van der Waals surface area contributed by atoms with E-state index in [2.05, 4.69) is 5.32 Å². The lowest BCUT2D eigenvalue weighted by molar-refractivity contribution is 0.152. The fourth-order valence-corrected chi connectivity index (χ4v) is 4.59. The number of hydrogen-bond donors (Lipinski definition) is 2. The Kier molecular flexibility index (Phi) is 7.77. The summed E-state index contributed by atoms with van der Waals surface area (Å²) in [5.41, 5.74) is 4.61. The predicted molar refractivity (Wildman–Crippen MR) is 134 cm³/mol. The van der Waals surface area contributed by atoms with Crippen molar-refractivity contribution in [2.75, 3.05) is 6.61 Å². The van der Waals surface area contributed by atoms with Gasteiger partial charge < -0.3 is 19.9 Å². The number of ether oxygens (including phenoxy) is 2. The number of hydrogen-bond acceptors (Lipinski definition) is 4. The Balaban J connectivity index is 1.59. The lowest BCUT2D eigenvalue weighted by atomic mass is 9.96. The summed E-state index contributed by atoms with van der Waals surface area (Å²) in [5, 5.41) is 13.6. The number of rotatable bonds is 9. The van der Waals surface area contributed by atoms with Crippen LogP contribution < -0.4 is 14.8 Å². The number of halogens is 2. The van der Waals surface area contributed by atoms with Crippen molar-refractivity contribution in [3.8, 4) is 22.6 Å². The molecule has 3 aromatic carbocycles. The topological polar surface area (TPSA) is 50.7 Å². The van der Waals surface area contributed by atoms with Crippen molar-refractivity contribution in [1.29, 1.82) is 0 Å². The van der Waals surface area contributed by atoms with Gasteiger partial charge in [-0.05, 0) is 62.4 Å². The second-order valence-corrected chi connectivity index (χ2v) is 9.14. The number of aliphatic hydroxyl groups is 1. The largest absolute Gasteiger partial charge is 0.493 e. The van der Waals surface area contributed by atoms with Crippen LogP contribution in [0.15, 0.2) is 54.6 Å². The van der Waals surface area contributed by atoms with Crippen LogP contribution in [0, 0.1) is 5.82 Å². The van der Waals surface area contributed by atoms with Crippen LogP contribution in [0.2, 0.25) is 5.02 Å². The molecule has 0 aromatic heterocycles. The second kappa shape index (κ2) is 10.8. The van der Waals surface area contributed by atoms with Gasteiger partial charge in [-0.15, -0.1) is 0 Å². The minimum absolute atomic E-state index is 0.0668. The molecule has 1 aliphatic rings. The van der Waals surface area contributed by atoms with E-state index in [1.54, 1.807) is 13.0 Å². The summed E-state index contributed by atoms with van der Waals surface area (Å²) in [7, 11) is 0. The lowest BCUT2D eigenvalue weighted by Crippen LogP contribution is -2.35. The molecule has 0 saturated heterocycles. The molecule has 0 bridgehead atoms. The number of benzene rings is 3. The highest BCUT2D eigenvalue weighted by Gasteiger charge is 2.28. The quantitative estimate of drug-likeness (QED) is 0.366. The summed E-state index contributed by atoms with van der Waals surface area (Å²) < 4.78 is 26.7. The average molecular weight is 484 g/mol. The van der Waals surface area contributed by atoms with Crippen molar-refractivity contribution in [3.63, 3.8) is 0 Å². The van der Waals surface area contributed by atoms with Gasteiger partial charge in [0.1, 0.15) is 23.4 Å². The van der Waals surface area contributed by atoms with Crippen molar-refractivity contribution >= 4 is 11.6 Å². The van der Waals surface area contributed by atoms with Crippen molar-refractivity contribution in [3.05, 3.63) is 82.1 Å². The molecule has 0 fully saturated rings. The van der Waals surface area contributed by atoms with E-state index in [4.69, 9.17) is 21.1 Å². The molecule has 4 rings (SSSR count). The van der Waals surface area contributed by atoms with Gasteiger partial charge in [0.25, 0.3) is 0 Å². The minimum atomic E-state index is -0.467. The normalized spacial score (nSPS) is 16.7. The molecule has 0 unspecified atom stereocenters. The first-order valence-corrected chi connectivity index (χ1v) is 12.2. The molecular formula is C28H31ClFNO3. The van der Waals surface area contributed by atoms with Crippen molar-refractivity contribution in [2.24, 2.45) is 0 Å². The smallest absolute Gasteiger partial charge is 0.142 e. The van der Waals surface area contributed by atoms with Crippen molar-refractivity contribution in [1.82, 2.24) is 5.32 Å². The minimum Gasteiger partial charge on any atom is -0.493 e. The molecule has 34 heavy (non-hydrogen) atoms. The summed E-state index contributed by atoms with van der Waals surface area (Å²) in [6.07, 6.45) is 0.953. The Morgan fingerprint density at radius 2 is 1.85 bits per heavy atom. The molecule has 0 radical (unpaired) electrons. The van der Waals surface area contributed by atoms with Crippen molar-refractivity contribution < 1.29 is 19.0 Å². The van der Waals surface area contributed by atoms with Crippen LogP contribution in [0.25, 0.3) is 11.1 Å². The highest BCUT2D eigenvalue weighted by Crippen LogP contribution is 2.43. The van der Waals surface area contributed by atoms with E-state index in [9.17, 15) is 9.50 Å². The van der Waals surface area contributed by atoms with E-state index < -0.39 is 6.10 Å². The molecule has 4 nitrogen and oxygen atoms in total. The number of fused-ring (bicyclic) bond motifs is 1. The lowest BCUT2D eigenvalue weighted by Gasteiger charge is -2.21. The third-order valence-corrected chi connectivity index (χ3v) is 6.70. The van der Waals surface area contributed by atoms with Gasteiger partial charge in [-0.1, -0.05) is 48.0 Å². The Morgan fingerprint density at radius 1 is 1.09 bits per heavy atom. The van der Waals surface area contributed by atoms with Crippen molar-refractivity contribution in [2.45, 2.75) is 58.4 Å². The van der Waals surface area contributed by atoms with Gasteiger partial charge in [0, 0.05) is 29.8 Å². The van der Waals surface area contributed by atoms with Crippen LogP contribution in [0.5, 0.6) is 11.5 Å². The average Bonchev–Trinajstić information content (AvgIpc) is 3.23. The van der Waals surface area contributed by atoms with E-state index in [0.717, 1.165) is 35.1 Å². The molecule has 3 atom stereocenters. The van der Waals surface area contributed by atoms with E-state index in [-0.39, 0.29) is 18.0 Å². The molecular weight excluding hydrogens is 453 g/mol. The maximum absolute atomic E-state index is 14.5. The highest BCUT2D eigenvalue weighted by atomic mass is 35.5. The molecule has 0 aliphatic heterocycles.